The second-order valence-corrected chi connectivity index (χ2v) is 6.80. The third kappa shape index (κ3) is 4.14. The molecule has 146 valence electrons. The first-order valence-electron chi connectivity index (χ1n) is 9.11. The number of hydrogen-bond acceptors (Lipinski definition) is 4. The van der Waals surface area contributed by atoms with Crippen molar-refractivity contribution in [2.45, 2.75) is 13.8 Å². The molecule has 1 aliphatic rings. The van der Waals surface area contributed by atoms with Crippen LogP contribution in [0.3, 0.4) is 0 Å². The lowest BCUT2D eigenvalue weighted by molar-refractivity contribution is -0.129. The first-order chi connectivity index (χ1) is 13.4. The number of carbonyl (C=O) groups is 3. The van der Waals surface area contributed by atoms with Crippen LogP contribution in [0, 0.1) is 6.92 Å². The van der Waals surface area contributed by atoms with Gasteiger partial charge in [-0.05, 0) is 36.8 Å². The number of anilines is 2. The van der Waals surface area contributed by atoms with Crippen molar-refractivity contribution in [3.8, 4) is 0 Å². The van der Waals surface area contributed by atoms with Gasteiger partial charge in [0.25, 0.3) is 5.91 Å². The second kappa shape index (κ2) is 8.12. The number of aromatic carboxylic acids is 1. The molecular formula is C21H23N3O4. The minimum atomic E-state index is -1.06. The molecule has 7 nitrogen and oxygen atoms in total. The molecule has 1 heterocycles. The van der Waals surface area contributed by atoms with Crippen molar-refractivity contribution in [2.75, 3.05) is 36.4 Å². The summed E-state index contributed by atoms with van der Waals surface area (Å²) in [6.45, 7) is 5.79. The van der Waals surface area contributed by atoms with E-state index in [2.05, 4.69) is 10.2 Å². The lowest BCUT2D eigenvalue weighted by atomic mass is 10.1. The first kappa shape index (κ1) is 19.4. The van der Waals surface area contributed by atoms with Crippen LogP contribution in [0.15, 0.2) is 42.5 Å². The molecule has 1 fully saturated rings. The number of carbonyl (C=O) groups excluding carboxylic acids is 2. The van der Waals surface area contributed by atoms with Gasteiger partial charge in [-0.1, -0.05) is 18.2 Å². The number of piperazine rings is 1. The molecule has 0 bridgehead atoms. The van der Waals surface area contributed by atoms with Crippen molar-refractivity contribution in [3.63, 3.8) is 0 Å². The number of benzene rings is 2. The fourth-order valence-corrected chi connectivity index (χ4v) is 3.32. The van der Waals surface area contributed by atoms with E-state index in [0.29, 0.717) is 37.4 Å². The van der Waals surface area contributed by atoms with E-state index >= 15 is 0 Å². The Labute approximate surface area is 163 Å². The largest absolute Gasteiger partial charge is 0.478 e. The van der Waals surface area contributed by atoms with Gasteiger partial charge in [0.1, 0.15) is 0 Å². The third-order valence-corrected chi connectivity index (χ3v) is 4.95. The molecule has 2 amide bonds. The van der Waals surface area contributed by atoms with Crippen LogP contribution in [0.2, 0.25) is 0 Å². The van der Waals surface area contributed by atoms with Crippen LogP contribution >= 0.6 is 0 Å². The van der Waals surface area contributed by atoms with E-state index in [9.17, 15) is 19.5 Å². The molecule has 0 saturated carbocycles. The lowest BCUT2D eigenvalue weighted by Crippen LogP contribution is -2.48. The summed E-state index contributed by atoms with van der Waals surface area (Å²) < 4.78 is 0. The summed E-state index contributed by atoms with van der Waals surface area (Å²) in [5, 5.41) is 12.2. The highest BCUT2D eigenvalue weighted by atomic mass is 16.4. The second-order valence-electron chi connectivity index (χ2n) is 6.80. The highest BCUT2D eigenvalue weighted by Crippen LogP contribution is 2.29. The quantitative estimate of drug-likeness (QED) is 0.850. The van der Waals surface area contributed by atoms with Gasteiger partial charge in [0, 0.05) is 38.7 Å². The van der Waals surface area contributed by atoms with E-state index in [0.717, 1.165) is 11.3 Å². The average molecular weight is 381 g/mol. The summed E-state index contributed by atoms with van der Waals surface area (Å²) in [4.78, 5) is 39.5. The molecule has 28 heavy (non-hydrogen) atoms. The molecule has 0 unspecified atom stereocenters. The standard InChI is InChI=1S/C21H23N3O4/c1-14-5-3-4-6-17(14)20(26)22-18-13-16(21(27)28)7-8-19(18)24-11-9-23(10-12-24)15(2)25/h3-8,13H,9-12H2,1-2H3,(H,22,26)(H,27,28). The van der Waals surface area contributed by atoms with E-state index in [4.69, 9.17) is 0 Å². The van der Waals surface area contributed by atoms with Crippen LogP contribution in [0.1, 0.15) is 33.2 Å². The fraction of sp³-hybridized carbons (Fsp3) is 0.286. The normalized spacial score (nSPS) is 13.9. The fourth-order valence-electron chi connectivity index (χ4n) is 3.32. The molecule has 1 aliphatic heterocycles. The van der Waals surface area contributed by atoms with Gasteiger partial charge in [-0.3, -0.25) is 9.59 Å². The van der Waals surface area contributed by atoms with Crippen LogP contribution in [0.25, 0.3) is 0 Å². The molecule has 0 aliphatic carbocycles. The molecule has 0 spiro atoms. The van der Waals surface area contributed by atoms with Crippen LogP contribution in [0.5, 0.6) is 0 Å². The van der Waals surface area contributed by atoms with Gasteiger partial charge in [-0.15, -0.1) is 0 Å². The van der Waals surface area contributed by atoms with Crippen molar-refractivity contribution in [1.29, 1.82) is 0 Å². The molecule has 3 rings (SSSR count). The van der Waals surface area contributed by atoms with Crippen molar-refractivity contribution in [2.24, 2.45) is 0 Å². The molecule has 2 N–H and O–H groups in total. The Balaban J connectivity index is 1.89. The predicted octanol–water partition coefficient (Wildman–Crippen LogP) is 2.61. The smallest absolute Gasteiger partial charge is 0.335 e. The number of nitrogens with one attached hydrogen (secondary N) is 1. The van der Waals surface area contributed by atoms with E-state index in [-0.39, 0.29) is 17.4 Å². The van der Waals surface area contributed by atoms with Gasteiger partial charge in [0.05, 0.1) is 16.9 Å². The first-order valence-corrected chi connectivity index (χ1v) is 9.11. The number of aryl methyl sites for hydroxylation is 1. The number of carboxylic acid groups (broad SMARTS) is 1. The third-order valence-electron chi connectivity index (χ3n) is 4.95. The number of amides is 2. The number of nitrogens with zero attached hydrogens (tertiary/aromatic N) is 2. The van der Waals surface area contributed by atoms with Gasteiger partial charge < -0.3 is 20.2 Å². The Hall–Kier alpha value is -3.35. The monoisotopic (exact) mass is 381 g/mol. The maximum Gasteiger partial charge on any atom is 0.335 e. The lowest BCUT2D eigenvalue weighted by Gasteiger charge is -2.36. The Morgan fingerprint density at radius 2 is 1.68 bits per heavy atom. The van der Waals surface area contributed by atoms with Crippen molar-refractivity contribution >= 4 is 29.2 Å². The highest BCUT2D eigenvalue weighted by molar-refractivity contribution is 6.07. The zero-order valence-electron chi connectivity index (χ0n) is 15.9. The molecule has 7 heteroatoms. The van der Waals surface area contributed by atoms with Gasteiger partial charge in [-0.25, -0.2) is 4.79 Å². The minimum absolute atomic E-state index is 0.0361. The molecule has 1 saturated heterocycles. The van der Waals surface area contributed by atoms with Crippen molar-refractivity contribution in [3.05, 3.63) is 59.2 Å². The highest BCUT2D eigenvalue weighted by Gasteiger charge is 2.22. The molecule has 2 aromatic carbocycles. The Bertz CT molecular complexity index is 918. The predicted molar refractivity (Wildman–Crippen MR) is 107 cm³/mol. The molecule has 2 aromatic rings. The Morgan fingerprint density at radius 3 is 2.29 bits per heavy atom. The Morgan fingerprint density at radius 1 is 1.00 bits per heavy atom. The van der Waals surface area contributed by atoms with E-state index in [1.807, 2.05) is 19.1 Å². The number of rotatable bonds is 4. The molecular weight excluding hydrogens is 358 g/mol. The summed E-state index contributed by atoms with van der Waals surface area (Å²) >= 11 is 0. The summed E-state index contributed by atoms with van der Waals surface area (Å²) in [5.74, 6) is -1.31. The van der Waals surface area contributed by atoms with Crippen LogP contribution < -0.4 is 10.2 Å². The van der Waals surface area contributed by atoms with Gasteiger partial charge in [-0.2, -0.15) is 0 Å². The summed E-state index contributed by atoms with van der Waals surface area (Å²) in [6.07, 6.45) is 0. The van der Waals surface area contributed by atoms with Gasteiger partial charge >= 0.3 is 5.97 Å². The zero-order chi connectivity index (χ0) is 20.3. The van der Waals surface area contributed by atoms with Crippen LogP contribution in [-0.2, 0) is 4.79 Å². The maximum atomic E-state index is 12.8. The number of hydrogen-bond donors (Lipinski definition) is 2. The summed E-state index contributed by atoms with van der Waals surface area (Å²) in [7, 11) is 0. The molecule has 0 radical (unpaired) electrons. The SMILES string of the molecule is CC(=O)N1CCN(c2ccc(C(=O)O)cc2NC(=O)c2ccccc2C)CC1. The minimum Gasteiger partial charge on any atom is -0.478 e. The van der Waals surface area contributed by atoms with Crippen molar-refractivity contribution in [1.82, 2.24) is 4.90 Å². The van der Waals surface area contributed by atoms with Crippen molar-refractivity contribution < 1.29 is 19.5 Å². The number of carboxylic acids is 1. The summed E-state index contributed by atoms with van der Waals surface area (Å²) in [5.41, 5.74) is 2.67. The average Bonchev–Trinajstić information content (AvgIpc) is 2.68. The van der Waals surface area contributed by atoms with E-state index in [1.54, 1.807) is 30.0 Å². The van der Waals surface area contributed by atoms with Crippen LogP contribution in [-0.4, -0.2) is 54.0 Å². The zero-order valence-corrected chi connectivity index (χ0v) is 15.9. The topological polar surface area (TPSA) is 90.0 Å². The van der Waals surface area contributed by atoms with E-state index in [1.165, 1.54) is 12.1 Å². The van der Waals surface area contributed by atoms with E-state index < -0.39 is 5.97 Å². The Kier molecular flexibility index (Phi) is 5.63. The summed E-state index contributed by atoms with van der Waals surface area (Å²) in [6, 6.07) is 11.9. The van der Waals surface area contributed by atoms with Gasteiger partial charge in [0.2, 0.25) is 5.91 Å². The van der Waals surface area contributed by atoms with Gasteiger partial charge in [0.15, 0.2) is 0 Å². The molecule has 0 atom stereocenters. The molecule has 0 aromatic heterocycles. The maximum absolute atomic E-state index is 12.8. The van der Waals surface area contributed by atoms with Crippen LogP contribution in [0.4, 0.5) is 11.4 Å².